The van der Waals surface area contributed by atoms with Crippen molar-refractivity contribution >= 4 is 21.6 Å². The number of hydrogen-bond acceptors (Lipinski definition) is 7. The van der Waals surface area contributed by atoms with Crippen molar-refractivity contribution in [3.05, 3.63) is 60.2 Å². The summed E-state index contributed by atoms with van der Waals surface area (Å²) in [5.41, 5.74) is 0.546. The summed E-state index contributed by atoms with van der Waals surface area (Å²) < 4.78 is 46.8. The lowest BCUT2D eigenvalue weighted by Gasteiger charge is -2.10. The van der Waals surface area contributed by atoms with Gasteiger partial charge in [-0.1, -0.05) is 0 Å². The number of nitrogens with zero attached hydrogens (tertiary/aromatic N) is 4. The van der Waals surface area contributed by atoms with Gasteiger partial charge < -0.3 is 10.1 Å². The molecule has 0 fully saturated rings. The molecule has 3 aromatic rings. The maximum absolute atomic E-state index is 14.1. The number of methoxy groups -OCH3 is 1. The molecule has 0 aliphatic carbocycles. The van der Waals surface area contributed by atoms with Gasteiger partial charge in [0.1, 0.15) is 12.1 Å². The number of halogens is 1. The van der Waals surface area contributed by atoms with Gasteiger partial charge in [-0.15, -0.1) is 5.10 Å². The molecule has 0 saturated heterocycles. The molecule has 29 heavy (non-hydrogen) atoms. The minimum absolute atomic E-state index is 0.00277. The fourth-order valence-electron chi connectivity index (χ4n) is 2.37. The molecule has 1 heterocycles. The number of nitrogens with one attached hydrogen (secondary N) is 2. The van der Waals surface area contributed by atoms with E-state index in [2.05, 4.69) is 25.6 Å². The molecule has 1 aromatic heterocycles. The summed E-state index contributed by atoms with van der Waals surface area (Å²) in [6.45, 7) is 0.354. The fraction of sp³-hybridized carbons (Fsp3) is 0.176. The summed E-state index contributed by atoms with van der Waals surface area (Å²) in [4.78, 5) is 12.4. The highest BCUT2D eigenvalue weighted by molar-refractivity contribution is 7.89. The van der Waals surface area contributed by atoms with E-state index in [1.807, 2.05) is 0 Å². The first kappa shape index (κ1) is 20.5. The third kappa shape index (κ3) is 4.99. The molecule has 0 unspecified atom stereocenters. The van der Waals surface area contributed by atoms with Gasteiger partial charge in [0, 0.05) is 19.2 Å². The summed E-state index contributed by atoms with van der Waals surface area (Å²) in [6, 6.07) is 9.26. The summed E-state index contributed by atoms with van der Waals surface area (Å²) in [7, 11) is -2.25. The standard InChI is InChI=1S/C17H17FN6O4S/c1-28-9-8-20-29(26,27)14-5-2-12(3-6-14)17(25)21-16-10-13(4-7-15(16)18)24-11-19-22-23-24/h2-7,10-11,20H,8-9H2,1H3,(H,21,25). The Morgan fingerprint density at radius 1 is 1.21 bits per heavy atom. The lowest BCUT2D eigenvalue weighted by molar-refractivity contribution is 0.102. The Morgan fingerprint density at radius 3 is 2.62 bits per heavy atom. The van der Waals surface area contributed by atoms with Gasteiger partial charge in [-0.25, -0.2) is 22.2 Å². The van der Waals surface area contributed by atoms with E-state index in [9.17, 15) is 17.6 Å². The van der Waals surface area contributed by atoms with Crippen LogP contribution in [0.2, 0.25) is 0 Å². The van der Waals surface area contributed by atoms with Crippen LogP contribution in [-0.4, -0.2) is 54.8 Å². The fourth-order valence-corrected chi connectivity index (χ4v) is 3.39. The zero-order valence-electron chi connectivity index (χ0n) is 15.2. The second-order valence-corrected chi connectivity index (χ2v) is 7.55. The molecule has 0 aliphatic heterocycles. The van der Waals surface area contributed by atoms with Crippen molar-refractivity contribution in [2.75, 3.05) is 25.6 Å². The number of ether oxygens (including phenoxy) is 1. The highest BCUT2D eigenvalue weighted by atomic mass is 32.2. The van der Waals surface area contributed by atoms with Crippen molar-refractivity contribution in [1.29, 1.82) is 0 Å². The normalized spacial score (nSPS) is 11.4. The first-order valence-electron chi connectivity index (χ1n) is 8.33. The summed E-state index contributed by atoms with van der Waals surface area (Å²) in [6.07, 6.45) is 1.33. The van der Waals surface area contributed by atoms with Gasteiger partial charge in [0.2, 0.25) is 10.0 Å². The third-order valence-electron chi connectivity index (χ3n) is 3.84. The first-order valence-corrected chi connectivity index (χ1v) is 9.82. The molecular formula is C17H17FN6O4S. The van der Waals surface area contributed by atoms with Crippen LogP contribution < -0.4 is 10.0 Å². The lowest BCUT2D eigenvalue weighted by Crippen LogP contribution is -2.27. The molecule has 152 valence electrons. The molecule has 3 rings (SSSR count). The van der Waals surface area contributed by atoms with Gasteiger partial charge in [-0.2, -0.15) is 0 Å². The second-order valence-electron chi connectivity index (χ2n) is 5.79. The highest BCUT2D eigenvalue weighted by Gasteiger charge is 2.15. The van der Waals surface area contributed by atoms with E-state index >= 15 is 0 Å². The van der Waals surface area contributed by atoms with Crippen molar-refractivity contribution in [2.45, 2.75) is 4.90 Å². The Balaban J connectivity index is 1.74. The van der Waals surface area contributed by atoms with Crippen molar-refractivity contribution in [1.82, 2.24) is 24.9 Å². The number of benzene rings is 2. The molecule has 0 bridgehead atoms. The number of amides is 1. The Kier molecular flexibility index (Phi) is 6.26. The SMILES string of the molecule is COCCNS(=O)(=O)c1ccc(C(=O)Nc2cc(-n3cnnn3)ccc2F)cc1. The van der Waals surface area contributed by atoms with Crippen LogP contribution in [0.5, 0.6) is 0 Å². The number of aromatic nitrogens is 4. The van der Waals surface area contributed by atoms with E-state index in [-0.39, 0.29) is 29.3 Å². The number of anilines is 1. The third-order valence-corrected chi connectivity index (χ3v) is 5.31. The predicted molar refractivity (Wildman–Crippen MR) is 101 cm³/mol. The number of carbonyl (C=O) groups excluding carboxylic acids is 1. The van der Waals surface area contributed by atoms with E-state index in [4.69, 9.17) is 4.74 Å². The van der Waals surface area contributed by atoms with Crippen LogP contribution in [-0.2, 0) is 14.8 Å². The highest BCUT2D eigenvalue weighted by Crippen LogP contribution is 2.19. The van der Waals surface area contributed by atoms with Crippen molar-refractivity contribution in [2.24, 2.45) is 0 Å². The predicted octanol–water partition coefficient (Wildman–Crippen LogP) is 0.978. The van der Waals surface area contributed by atoms with E-state index in [0.717, 1.165) is 0 Å². The Morgan fingerprint density at radius 2 is 1.97 bits per heavy atom. The van der Waals surface area contributed by atoms with Crippen LogP contribution in [0, 0.1) is 5.82 Å². The molecule has 2 aromatic carbocycles. The van der Waals surface area contributed by atoms with Crippen LogP contribution in [0.4, 0.5) is 10.1 Å². The molecule has 0 radical (unpaired) electrons. The first-order chi connectivity index (χ1) is 13.9. The average molecular weight is 420 g/mol. The maximum atomic E-state index is 14.1. The van der Waals surface area contributed by atoms with Gasteiger partial charge >= 0.3 is 0 Å². The molecule has 2 N–H and O–H groups in total. The molecule has 12 heteroatoms. The minimum Gasteiger partial charge on any atom is -0.383 e. The zero-order valence-corrected chi connectivity index (χ0v) is 16.1. The molecule has 1 amide bonds. The van der Waals surface area contributed by atoms with E-state index < -0.39 is 21.7 Å². The van der Waals surface area contributed by atoms with Crippen LogP contribution in [0.15, 0.2) is 53.7 Å². The quantitative estimate of drug-likeness (QED) is 0.520. The number of tetrazole rings is 1. The van der Waals surface area contributed by atoms with Crippen LogP contribution >= 0.6 is 0 Å². The molecule has 0 atom stereocenters. The van der Waals surface area contributed by atoms with Gasteiger partial charge in [0.25, 0.3) is 5.91 Å². The van der Waals surface area contributed by atoms with Crippen molar-refractivity contribution in [3.63, 3.8) is 0 Å². The largest absolute Gasteiger partial charge is 0.383 e. The molecule has 0 aliphatic rings. The number of sulfonamides is 1. The minimum atomic E-state index is -3.71. The maximum Gasteiger partial charge on any atom is 0.255 e. The average Bonchev–Trinajstić information content (AvgIpc) is 3.25. The lowest BCUT2D eigenvalue weighted by atomic mass is 10.2. The van der Waals surface area contributed by atoms with Gasteiger partial charge in [-0.3, -0.25) is 4.79 Å². The van der Waals surface area contributed by atoms with E-state index in [0.29, 0.717) is 5.69 Å². The van der Waals surface area contributed by atoms with Crippen molar-refractivity contribution < 1.29 is 22.3 Å². The van der Waals surface area contributed by atoms with Gasteiger partial charge in [-0.05, 0) is 52.9 Å². The monoisotopic (exact) mass is 420 g/mol. The van der Waals surface area contributed by atoms with Gasteiger partial charge in [0.15, 0.2) is 0 Å². The Hall–Kier alpha value is -3.22. The van der Waals surface area contributed by atoms with E-state index in [1.165, 1.54) is 60.6 Å². The smallest absolute Gasteiger partial charge is 0.255 e. The molecule has 10 nitrogen and oxygen atoms in total. The van der Waals surface area contributed by atoms with Gasteiger partial charge in [0.05, 0.1) is 22.9 Å². The molecular weight excluding hydrogens is 403 g/mol. The summed E-state index contributed by atoms with van der Waals surface area (Å²) in [5.74, 6) is -1.24. The van der Waals surface area contributed by atoms with Crippen LogP contribution in [0.1, 0.15) is 10.4 Å². The van der Waals surface area contributed by atoms with Crippen LogP contribution in [0.3, 0.4) is 0 Å². The molecule has 0 spiro atoms. The number of carbonyl (C=O) groups is 1. The topological polar surface area (TPSA) is 128 Å². The Labute approximate surface area is 165 Å². The number of hydrogen-bond donors (Lipinski definition) is 2. The zero-order chi connectivity index (χ0) is 20.9. The second kappa shape index (κ2) is 8.86. The number of rotatable bonds is 8. The van der Waals surface area contributed by atoms with Crippen molar-refractivity contribution in [3.8, 4) is 5.69 Å². The summed E-state index contributed by atoms with van der Waals surface area (Å²) in [5, 5.41) is 13.2. The Bertz CT molecular complexity index is 1090. The summed E-state index contributed by atoms with van der Waals surface area (Å²) >= 11 is 0. The molecule has 0 saturated carbocycles. The van der Waals surface area contributed by atoms with E-state index in [1.54, 1.807) is 0 Å². The van der Waals surface area contributed by atoms with Crippen LogP contribution in [0.25, 0.3) is 5.69 Å².